The topological polar surface area (TPSA) is 32.3 Å². The summed E-state index contributed by atoms with van der Waals surface area (Å²) in [5, 5.41) is 12.0. The molecule has 1 aliphatic carbocycles. The predicted molar refractivity (Wildman–Crippen MR) is 36.8 cm³/mol. The highest BCUT2D eigenvalue weighted by Gasteiger charge is 2.16. The number of rotatable bonds is 1. The van der Waals surface area contributed by atoms with Gasteiger partial charge in [-0.05, 0) is 25.7 Å². The molecule has 1 saturated carbocycles. The molecular weight excluding hydrogens is 114 g/mol. The Bertz CT molecular complexity index is 77.0. The fourth-order valence-corrected chi connectivity index (χ4v) is 1.28. The lowest BCUT2D eigenvalue weighted by atomic mass is 9.93. The average molecular weight is 128 g/mol. The van der Waals surface area contributed by atoms with Crippen molar-refractivity contribution in [2.45, 2.75) is 37.8 Å². The van der Waals surface area contributed by atoms with Gasteiger partial charge in [-0.15, -0.1) is 0 Å². The smallest absolute Gasteiger partial charge is 0.0541 e. The highest BCUT2D eigenvalue weighted by atomic mass is 16.3. The van der Waals surface area contributed by atoms with Crippen LogP contribution < -0.4 is 5.32 Å². The summed E-state index contributed by atoms with van der Waals surface area (Å²) < 4.78 is 0. The lowest BCUT2D eigenvalue weighted by molar-refractivity contribution is 0.119. The van der Waals surface area contributed by atoms with Crippen LogP contribution in [0.4, 0.5) is 0 Å². The van der Waals surface area contributed by atoms with Gasteiger partial charge in [0.05, 0.1) is 6.10 Å². The first kappa shape index (κ1) is 7.03. The minimum absolute atomic E-state index is 0.0467. The molecule has 9 heavy (non-hydrogen) atoms. The van der Waals surface area contributed by atoms with Crippen molar-refractivity contribution in [2.24, 2.45) is 0 Å². The molecule has 0 aromatic carbocycles. The van der Waals surface area contributed by atoms with E-state index in [1.165, 1.54) is 0 Å². The SMILES string of the molecule is [CH2]N[C@H]1CC[C@@H](O)CC1. The van der Waals surface area contributed by atoms with Gasteiger partial charge in [0.1, 0.15) is 0 Å². The summed E-state index contributed by atoms with van der Waals surface area (Å²) in [6, 6.07) is 0.549. The zero-order valence-corrected chi connectivity index (χ0v) is 5.64. The Morgan fingerprint density at radius 2 is 1.78 bits per heavy atom. The molecule has 0 aromatic heterocycles. The maximum Gasteiger partial charge on any atom is 0.0541 e. The summed E-state index contributed by atoms with van der Waals surface area (Å²) in [5.41, 5.74) is 0. The Hall–Kier alpha value is -0.0800. The zero-order valence-electron chi connectivity index (χ0n) is 5.64. The third-order valence-electron chi connectivity index (χ3n) is 1.99. The molecule has 0 saturated heterocycles. The standard InChI is InChI=1S/C7H14NO/c1-8-6-2-4-7(9)5-3-6/h6-9H,1-5H2/t6-,7+. The van der Waals surface area contributed by atoms with Gasteiger partial charge in [-0.2, -0.15) is 0 Å². The molecule has 1 aliphatic rings. The molecule has 0 amide bonds. The first-order valence-corrected chi connectivity index (χ1v) is 3.53. The van der Waals surface area contributed by atoms with Crippen molar-refractivity contribution < 1.29 is 5.11 Å². The lowest BCUT2D eigenvalue weighted by Crippen LogP contribution is -2.30. The molecule has 0 bridgehead atoms. The van der Waals surface area contributed by atoms with Crippen LogP contribution in [0.25, 0.3) is 0 Å². The third-order valence-corrected chi connectivity index (χ3v) is 1.99. The van der Waals surface area contributed by atoms with E-state index in [1.807, 2.05) is 0 Å². The van der Waals surface area contributed by atoms with Crippen molar-refractivity contribution in [1.29, 1.82) is 0 Å². The monoisotopic (exact) mass is 128 g/mol. The molecule has 53 valence electrons. The van der Waals surface area contributed by atoms with Crippen LogP contribution in [0.5, 0.6) is 0 Å². The van der Waals surface area contributed by atoms with Crippen LogP contribution in [0.15, 0.2) is 0 Å². The van der Waals surface area contributed by atoms with E-state index in [0.29, 0.717) is 6.04 Å². The molecule has 0 aliphatic heterocycles. The molecule has 0 unspecified atom stereocenters. The number of hydrogen-bond donors (Lipinski definition) is 2. The highest BCUT2D eigenvalue weighted by Crippen LogP contribution is 2.17. The van der Waals surface area contributed by atoms with Crippen molar-refractivity contribution in [3.05, 3.63) is 7.05 Å². The third kappa shape index (κ3) is 1.95. The Balaban J connectivity index is 2.18. The van der Waals surface area contributed by atoms with E-state index < -0.39 is 0 Å². The Morgan fingerprint density at radius 1 is 1.22 bits per heavy atom. The van der Waals surface area contributed by atoms with Gasteiger partial charge in [-0.1, -0.05) is 0 Å². The second-order valence-electron chi connectivity index (χ2n) is 2.71. The molecule has 0 aromatic rings. The van der Waals surface area contributed by atoms with Crippen molar-refractivity contribution in [2.75, 3.05) is 0 Å². The summed E-state index contributed by atoms with van der Waals surface area (Å²) in [7, 11) is 3.60. The van der Waals surface area contributed by atoms with E-state index in [2.05, 4.69) is 12.4 Å². The van der Waals surface area contributed by atoms with Crippen LogP contribution in [-0.2, 0) is 0 Å². The predicted octanol–water partition coefficient (Wildman–Crippen LogP) is 0.671. The van der Waals surface area contributed by atoms with Crippen molar-refractivity contribution in [3.8, 4) is 0 Å². The second kappa shape index (κ2) is 3.18. The van der Waals surface area contributed by atoms with E-state index in [4.69, 9.17) is 5.11 Å². The molecule has 0 heterocycles. The molecule has 1 fully saturated rings. The molecule has 2 nitrogen and oxygen atoms in total. The Labute approximate surface area is 56.3 Å². The average Bonchev–Trinajstić information content (AvgIpc) is 1.90. The fraction of sp³-hybridized carbons (Fsp3) is 0.857. The molecule has 0 atom stereocenters. The Morgan fingerprint density at radius 3 is 2.22 bits per heavy atom. The van der Waals surface area contributed by atoms with E-state index in [0.717, 1.165) is 25.7 Å². The van der Waals surface area contributed by atoms with Gasteiger partial charge in [0, 0.05) is 13.1 Å². The number of nitrogens with one attached hydrogen (secondary N) is 1. The molecule has 1 radical (unpaired) electrons. The van der Waals surface area contributed by atoms with Crippen LogP contribution in [0.1, 0.15) is 25.7 Å². The van der Waals surface area contributed by atoms with E-state index in [1.54, 1.807) is 0 Å². The Kier molecular flexibility index (Phi) is 2.49. The fourth-order valence-electron chi connectivity index (χ4n) is 1.28. The van der Waals surface area contributed by atoms with Crippen LogP contribution >= 0.6 is 0 Å². The van der Waals surface area contributed by atoms with Crippen molar-refractivity contribution in [1.82, 2.24) is 5.32 Å². The number of aliphatic hydroxyl groups is 1. The lowest BCUT2D eigenvalue weighted by Gasteiger charge is -2.24. The molecule has 1 rings (SSSR count). The molecule has 2 N–H and O–H groups in total. The first-order chi connectivity index (χ1) is 4.33. The zero-order chi connectivity index (χ0) is 6.69. The number of aliphatic hydroxyl groups excluding tert-OH is 1. The number of hydrogen-bond acceptors (Lipinski definition) is 2. The summed E-state index contributed by atoms with van der Waals surface area (Å²) >= 11 is 0. The minimum atomic E-state index is -0.0467. The highest BCUT2D eigenvalue weighted by molar-refractivity contribution is 4.75. The van der Waals surface area contributed by atoms with Crippen molar-refractivity contribution in [3.63, 3.8) is 0 Å². The summed E-state index contributed by atoms with van der Waals surface area (Å²) in [6.07, 6.45) is 3.98. The molecule has 2 heteroatoms. The van der Waals surface area contributed by atoms with Crippen LogP contribution in [0.2, 0.25) is 0 Å². The van der Waals surface area contributed by atoms with Crippen LogP contribution in [0.3, 0.4) is 0 Å². The van der Waals surface area contributed by atoms with E-state index in [9.17, 15) is 0 Å². The van der Waals surface area contributed by atoms with Crippen LogP contribution in [0, 0.1) is 7.05 Å². The molecular formula is C7H14NO. The van der Waals surface area contributed by atoms with Gasteiger partial charge < -0.3 is 10.4 Å². The van der Waals surface area contributed by atoms with Gasteiger partial charge in [0.25, 0.3) is 0 Å². The van der Waals surface area contributed by atoms with Gasteiger partial charge in [-0.3, -0.25) is 0 Å². The first-order valence-electron chi connectivity index (χ1n) is 3.53. The molecule has 0 spiro atoms. The minimum Gasteiger partial charge on any atom is -0.393 e. The van der Waals surface area contributed by atoms with E-state index in [-0.39, 0.29) is 6.10 Å². The van der Waals surface area contributed by atoms with Crippen LogP contribution in [-0.4, -0.2) is 17.3 Å². The quantitative estimate of drug-likeness (QED) is 0.544. The summed E-state index contributed by atoms with van der Waals surface area (Å²) in [5.74, 6) is 0. The maximum atomic E-state index is 9.07. The largest absolute Gasteiger partial charge is 0.393 e. The van der Waals surface area contributed by atoms with Gasteiger partial charge in [0.2, 0.25) is 0 Å². The van der Waals surface area contributed by atoms with Gasteiger partial charge >= 0.3 is 0 Å². The van der Waals surface area contributed by atoms with E-state index >= 15 is 0 Å². The maximum absolute atomic E-state index is 9.07. The van der Waals surface area contributed by atoms with Gasteiger partial charge in [-0.25, -0.2) is 0 Å². The van der Waals surface area contributed by atoms with Crippen molar-refractivity contribution >= 4 is 0 Å². The second-order valence-corrected chi connectivity index (χ2v) is 2.71. The summed E-state index contributed by atoms with van der Waals surface area (Å²) in [6.45, 7) is 0. The normalized spacial score (nSPS) is 36.7. The van der Waals surface area contributed by atoms with Gasteiger partial charge in [0.15, 0.2) is 0 Å². The summed E-state index contributed by atoms with van der Waals surface area (Å²) in [4.78, 5) is 0.